The van der Waals surface area contributed by atoms with Crippen molar-refractivity contribution in [1.29, 1.82) is 0 Å². The van der Waals surface area contributed by atoms with Crippen LogP contribution in [0.5, 0.6) is 5.75 Å². The Balaban J connectivity index is 2.11. The van der Waals surface area contributed by atoms with Crippen molar-refractivity contribution in [3.8, 4) is 5.75 Å². The number of halogens is 1. The normalized spacial score (nSPS) is 12.2. The van der Waals surface area contributed by atoms with Crippen LogP contribution in [0.15, 0.2) is 42.5 Å². The van der Waals surface area contributed by atoms with Crippen LogP contribution in [0.3, 0.4) is 0 Å². The number of hydrogen-bond donors (Lipinski definition) is 1. The number of hydrogen-bond acceptors (Lipinski definition) is 2. The third-order valence-corrected chi connectivity index (χ3v) is 3.95. The Hall–Kier alpha value is -1.51. The number of aryl methyl sites for hydroxylation is 1. The van der Waals surface area contributed by atoms with Crippen LogP contribution >= 0.6 is 11.6 Å². The molecule has 0 saturated heterocycles. The summed E-state index contributed by atoms with van der Waals surface area (Å²) in [7, 11) is 3.69. The Labute approximate surface area is 132 Å². The van der Waals surface area contributed by atoms with Gasteiger partial charge in [0.2, 0.25) is 0 Å². The third kappa shape index (κ3) is 4.48. The lowest BCUT2D eigenvalue weighted by molar-refractivity contribution is 0.406. The van der Waals surface area contributed by atoms with Crippen LogP contribution < -0.4 is 10.1 Å². The SMILES string of the molecule is CNC(Cc1ccc(C)cc1)Cc1cc(Cl)ccc1OC. The lowest BCUT2D eigenvalue weighted by Gasteiger charge is -2.18. The van der Waals surface area contributed by atoms with Gasteiger partial charge in [-0.1, -0.05) is 41.4 Å². The zero-order chi connectivity index (χ0) is 15.2. The predicted molar refractivity (Wildman–Crippen MR) is 89.4 cm³/mol. The van der Waals surface area contributed by atoms with Crippen LogP contribution in [0.1, 0.15) is 16.7 Å². The Morgan fingerprint density at radius 3 is 2.43 bits per heavy atom. The first-order valence-electron chi connectivity index (χ1n) is 7.17. The molecule has 2 nitrogen and oxygen atoms in total. The topological polar surface area (TPSA) is 21.3 Å². The molecule has 3 heteroatoms. The number of likely N-dealkylation sites (N-methyl/N-ethyl adjacent to an activating group) is 1. The largest absolute Gasteiger partial charge is 0.496 e. The summed E-state index contributed by atoms with van der Waals surface area (Å²) in [5.41, 5.74) is 3.76. The maximum atomic E-state index is 6.10. The van der Waals surface area contributed by atoms with E-state index < -0.39 is 0 Å². The Kier molecular flexibility index (Phi) is 5.66. The van der Waals surface area contributed by atoms with Gasteiger partial charge in [-0.05, 0) is 56.1 Å². The third-order valence-electron chi connectivity index (χ3n) is 3.72. The molecule has 2 aromatic rings. The van der Waals surface area contributed by atoms with Gasteiger partial charge in [-0.15, -0.1) is 0 Å². The summed E-state index contributed by atoms with van der Waals surface area (Å²) in [5.74, 6) is 0.892. The van der Waals surface area contributed by atoms with Gasteiger partial charge in [0, 0.05) is 11.1 Å². The first-order valence-corrected chi connectivity index (χ1v) is 7.55. The summed E-state index contributed by atoms with van der Waals surface area (Å²) in [6, 6.07) is 14.8. The minimum absolute atomic E-state index is 0.347. The van der Waals surface area contributed by atoms with Crippen molar-refractivity contribution in [2.24, 2.45) is 0 Å². The van der Waals surface area contributed by atoms with Gasteiger partial charge in [0.1, 0.15) is 5.75 Å². The van der Waals surface area contributed by atoms with Crippen LogP contribution in [0.2, 0.25) is 5.02 Å². The molecule has 0 aliphatic heterocycles. The van der Waals surface area contributed by atoms with E-state index in [0.29, 0.717) is 6.04 Å². The highest BCUT2D eigenvalue weighted by molar-refractivity contribution is 6.30. The molecule has 0 fully saturated rings. The van der Waals surface area contributed by atoms with E-state index in [9.17, 15) is 0 Å². The predicted octanol–water partition coefficient (Wildman–Crippen LogP) is 4.03. The summed E-state index contributed by atoms with van der Waals surface area (Å²) in [5, 5.41) is 4.13. The molecule has 0 bridgehead atoms. The van der Waals surface area contributed by atoms with E-state index in [1.54, 1.807) is 7.11 Å². The first kappa shape index (κ1) is 15.9. The molecule has 0 aliphatic carbocycles. The monoisotopic (exact) mass is 303 g/mol. The molecular weight excluding hydrogens is 282 g/mol. The van der Waals surface area contributed by atoms with Gasteiger partial charge >= 0.3 is 0 Å². The van der Waals surface area contributed by atoms with E-state index >= 15 is 0 Å². The van der Waals surface area contributed by atoms with E-state index in [1.165, 1.54) is 11.1 Å². The quantitative estimate of drug-likeness (QED) is 0.870. The lowest BCUT2D eigenvalue weighted by atomic mass is 9.98. The number of rotatable bonds is 6. The van der Waals surface area contributed by atoms with E-state index in [2.05, 4.69) is 36.5 Å². The van der Waals surface area contributed by atoms with Crippen molar-refractivity contribution in [2.45, 2.75) is 25.8 Å². The molecule has 21 heavy (non-hydrogen) atoms. The molecule has 1 atom stereocenters. The fourth-order valence-electron chi connectivity index (χ4n) is 2.46. The summed E-state index contributed by atoms with van der Waals surface area (Å²) >= 11 is 6.10. The molecule has 1 N–H and O–H groups in total. The minimum atomic E-state index is 0.347. The van der Waals surface area contributed by atoms with Crippen molar-refractivity contribution in [3.63, 3.8) is 0 Å². The standard InChI is InChI=1S/C18H22ClNO/c1-13-4-6-14(7-5-13)10-17(20-2)12-15-11-16(19)8-9-18(15)21-3/h4-9,11,17,20H,10,12H2,1-3H3. The van der Waals surface area contributed by atoms with Gasteiger partial charge in [0.05, 0.1) is 7.11 Å². The second kappa shape index (κ2) is 7.48. The van der Waals surface area contributed by atoms with Crippen LogP contribution in [0, 0.1) is 6.92 Å². The Morgan fingerprint density at radius 1 is 1.10 bits per heavy atom. The highest BCUT2D eigenvalue weighted by Crippen LogP contribution is 2.24. The van der Waals surface area contributed by atoms with Crippen LogP contribution in [-0.4, -0.2) is 20.2 Å². The second-order valence-electron chi connectivity index (χ2n) is 5.34. The fourth-order valence-corrected chi connectivity index (χ4v) is 2.65. The fraction of sp³-hybridized carbons (Fsp3) is 0.333. The molecule has 112 valence electrons. The van der Waals surface area contributed by atoms with Crippen molar-refractivity contribution in [2.75, 3.05) is 14.2 Å². The van der Waals surface area contributed by atoms with E-state index in [-0.39, 0.29) is 0 Å². The van der Waals surface area contributed by atoms with Gasteiger partial charge < -0.3 is 10.1 Å². The van der Waals surface area contributed by atoms with Crippen LogP contribution in [0.25, 0.3) is 0 Å². The molecule has 0 heterocycles. The summed E-state index contributed by atoms with van der Waals surface area (Å²) in [4.78, 5) is 0. The average Bonchev–Trinajstić information content (AvgIpc) is 2.49. The summed E-state index contributed by atoms with van der Waals surface area (Å²) in [6.07, 6.45) is 1.86. The smallest absolute Gasteiger partial charge is 0.122 e. The van der Waals surface area contributed by atoms with Crippen molar-refractivity contribution >= 4 is 11.6 Å². The number of ether oxygens (including phenoxy) is 1. The molecule has 0 amide bonds. The van der Waals surface area contributed by atoms with Crippen LogP contribution in [-0.2, 0) is 12.8 Å². The zero-order valence-electron chi connectivity index (χ0n) is 12.8. The van der Waals surface area contributed by atoms with Gasteiger partial charge in [-0.3, -0.25) is 0 Å². The maximum absolute atomic E-state index is 6.10. The maximum Gasteiger partial charge on any atom is 0.122 e. The number of benzene rings is 2. The molecular formula is C18H22ClNO. The molecule has 2 aromatic carbocycles. The second-order valence-corrected chi connectivity index (χ2v) is 5.77. The van der Waals surface area contributed by atoms with Crippen molar-refractivity contribution in [1.82, 2.24) is 5.32 Å². The van der Waals surface area contributed by atoms with Gasteiger partial charge in [-0.2, -0.15) is 0 Å². The van der Waals surface area contributed by atoms with Crippen LogP contribution in [0.4, 0.5) is 0 Å². The Morgan fingerprint density at radius 2 is 1.81 bits per heavy atom. The Bertz CT molecular complexity index is 580. The highest BCUT2D eigenvalue weighted by Gasteiger charge is 2.12. The van der Waals surface area contributed by atoms with Crippen molar-refractivity contribution < 1.29 is 4.74 Å². The molecule has 0 radical (unpaired) electrons. The molecule has 0 aliphatic rings. The van der Waals surface area contributed by atoms with Gasteiger partial charge in [0.15, 0.2) is 0 Å². The summed E-state index contributed by atoms with van der Waals surface area (Å²) in [6.45, 7) is 2.11. The highest BCUT2D eigenvalue weighted by atomic mass is 35.5. The summed E-state index contributed by atoms with van der Waals surface area (Å²) < 4.78 is 5.43. The lowest BCUT2D eigenvalue weighted by Crippen LogP contribution is -2.30. The minimum Gasteiger partial charge on any atom is -0.496 e. The average molecular weight is 304 g/mol. The molecule has 2 rings (SSSR count). The van der Waals surface area contributed by atoms with E-state index in [1.807, 2.05) is 25.2 Å². The van der Waals surface area contributed by atoms with Gasteiger partial charge in [0.25, 0.3) is 0 Å². The number of methoxy groups -OCH3 is 1. The van der Waals surface area contributed by atoms with Gasteiger partial charge in [-0.25, -0.2) is 0 Å². The molecule has 0 aromatic heterocycles. The van der Waals surface area contributed by atoms with E-state index in [0.717, 1.165) is 29.2 Å². The van der Waals surface area contributed by atoms with E-state index in [4.69, 9.17) is 16.3 Å². The van der Waals surface area contributed by atoms with Crippen molar-refractivity contribution in [3.05, 3.63) is 64.2 Å². The first-order chi connectivity index (χ1) is 10.1. The zero-order valence-corrected chi connectivity index (χ0v) is 13.6. The molecule has 0 saturated carbocycles. The molecule has 1 unspecified atom stereocenters. The number of nitrogens with one attached hydrogen (secondary N) is 1. The molecule has 0 spiro atoms.